The second kappa shape index (κ2) is 8.11. The van der Waals surface area contributed by atoms with Crippen molar-refractivity contribution >= 4 is 40.7 Å². The van der Waals surface area contributed by atoms with Crippen LogP contribution in [0.1, 0.15) is 18.9 Å². The lowest BCUT2D eigenvalue weighted by atomic mass is 10.2. The van der Waals surface area contributed by atoms with Gasteiger partial charge in [-0.15, -0.1) is 0 Å². The third-order valence-electron chi connectivity index (χ3n) is 4.54. The fourth-order valence-electron chi connectivity index (χ4n) is 2.95. The van der Waals surface area contributed by atoms with Gasteiger partial charge in [-0.05, 0) is 37.1 Å². The van der Waals surface area contributed by atoms with Gasteiger partial charge in [0.05, 0.1) is 21.9 Å². The number of benzene rings is 2. The summed E-state index contributed by atoms with van der Waals surface area (Å²) in [6.07, 6.45) is 0.581. The molecule has 0 heterocycles. The van der Waals surface area contributed by atoms with Gasteiger partial charge in [0.15, 0.2) is 0 Å². The maximum absolute atomic E-state index is 12.7. The Morgan fingerprint density at radius 1 is 1.08 bits per heavy atom. The first-order valence-corrected chi connectivity index (χ1v) is 9.33. The number of hydrogen-bond acceptors (Lipinski definition) is 2. The minimum Gasteiger partial charge on any atom is -0.338 e. The molecule has 26 heavy (non-hydrogen) atoms. The van der Waals surface area contributed by atoms with E-state index in [-0.39, 0.29) is 23.7 Å². The van der Waals surface area contributed by atoms with Crippen LogP contribution in [0.5, 0.6) is 0 Å². The standard InChI is InChI=1S/C20H20Cl2N2O2/c1-2-24(12-13-6-4-3-5-7-13)20(26)16-11-15(16)19(25)23-14-8-9-17(21)18(22)10-14/h3-10,15-16H,2,11-12H2,1H3,(H,23,25). The maximum Gasteiger partial charge on any atom is 0.228 e. The van der Waals surface area contributed by atoms with Crippen LogP contribution in [0, 0.1) is 11.8 Å². The van der Waals surface area contributed by atoms with Gasteiger partial charge in [0.1, 0.15) is 0 Å². The Labute approximate surface area is 163 Å². The zero-order chi connectivity index (χ0) is 18.7. The van der Waals surface area contributed by atoms with Gasteiger partial charge in [0.25, 0.3) is 0 Å². The Morgan fingerprint density at radius 3 is 2.46 bits per heavy atom. The predicted octanol–water partition coefficient (Wildman–Crippen LogP) is 4.62. The fraction of sp³-hybridized carbons (Fsp3) is 0.300. The van der Waals surface area contributed by atoms with E-state index in [4.69, 9.17) is 23.2 Å². The Balaban J connectivity index is 1.58. The van der Waals surface area contributed by atoms with Gasteiger partial charge in [-0.25, -0.2) is 0 Å². The number of hydrogen-bond donors (Lipinski definition) is 1. The van der Waals surface area contributed by atoms with Gasteiger partial charge < -0.3 is 10.2 Å². The van der Waals surface area contributed by atoms with Crippen LogP contribution >= 0.6 is 23.2 Å². The van der Waals surface area contributed by atoms with Crippen LogP contribution in [0.3, 0.4) is 0 Å². The number of carbonyl (C=O) groups excluding carboxylic acids is 2. The number of halogens is 2. The summed E-state index contributed by atoms with van der Waals surface area (Å²) in [5.41, 5.74) is 1.67. The van der Waals surface area contributed by atoms with Crippen LogP contribution < -0.4 is 5.32 Å². The normalized spacial score (nSPS) is 18.3. The zero-order valence-corrected chi connectivity index (χ0v) is 15.9. The first-order chi connectivity index (χ1) is 12.5. The highest BCUT2D eigenvalue weighted by molar-refractivity contribution is 6.42. The second-order valence-corrected chi connectivity index (χ2v) is 7.22. The minimum absolute atomic E-state index is 0.0330. The van der Waals surface area contributed by atoms with Crippen LogP contribution in [0.15, 0.2) is 48.5 Å². The quantitative estimate of drug-likeness (QED) is 0.782. The first kappa shape index (κ1) is 18.7. The molecule has 2 aromatic rings. The predicted molar refractivity (Wildman–Crippen MR) is 104 cm³/mol. The van der Waals surface area contributed by atoms with E-state index in [1.807, 2.05) is 37.3 Å². The summed E-state index contributed by atoms with van der Waals surface area (Å²) in [7, 11) is 0. The Hall–Kier alpha value is -2.04. The van der Waals surface area contributed by atoms with Crippen molar-refractivity contribution in [1.29, 1.82) is 0 Å². The maximum atomic E-state index is 12.7. The average molecular weight is 391 g/mol. The second-order valence-electron chi connectivity index (χ2n) is 6.40. The molecular weight excluding hydrogens is 371 g/mol. The van der Waals surface area contributed by atoms with Crippen molar-refractivity contribution in [3.8, 4) is 0 Å². The molecule has 2 atom stereocenters. The Morgan fingerprint density at radius 2 is 1.81 bits per heavy atom. The van der Waals surface area contributed by atoms with E-state index >= 15 is 0 Å². The minimum atomic E-state index is -0.290. The van der Waals surface area contributed by atoms with Crippen molar-refractivity contribution in [3.63, 3.8) is 0 Å². The lowest BCUT2D eigenvalue weighted by molar-refractivity contribution is -0.134. The van der Waals surface area contributed by atoms with E-state index < -0.39 is 0 Å². The molecule has 0 aliphatic heterocycles. The van der Waals surface area contributed by atoms with Crippen molar-refractivity contribution in [2.24, 2.45) is 11.8 Å². The average Bonchev–Trinajstić information content (AvgIpc) is 3.44. The van der Waals surface area contributed by atoms with Gasteiger partial charge in [-0.3, -0.25) is 9.59 Å². The third-order valence-corrected chi connectivity index (χ3v) is 5.28. The SMILES string of the molecule is CCN(Cc1ccccc1)C(=O)C1CC1C(=O)Nc1ccc(Cl)c(Cl)c1. The van der Waals surface area contributed by atoms with Crippen molar-refractivity contribution in [1.82, 2.24) is 4.90 Å². The van der Waals surface area contributed by atoms with Crippen LogP contribution in [0.2, 0.25) is 10.0 Å². The summed E-state index contributed by atoms with van der Waals surface area (Å²) >= 11 is 11.8. The lowest BCUT2D eigenvalue weighted by Gasteiger charge is -2.21. The molecule has 0 bridgehead atoms. The van der Waals surface area contributed by atoms with Gasteiger partial charge in [0.2, 0.25) is 11.8 Å². The topological polar surface area (TPSA) is 49.4 Å². The lowest BCUT2D eigenvalue weighted by Crippen LogP contribution is -2.33. The molecular formula is C20H20Cl2N2O2. The van der Waals surface area contributed by atoms with E-state index in [1.54, 1.807) is 23.1 Å². The van der Waals surface area contributed by atoms with Crippen LogP contribution in [0.4, 0.5) is 5.69 Å². The molecule has 1 aliphatic carbocycles. The van der Waals surface area contributed by atoms with Gasteiger partial charge in [-0.2, -0.15) is 0 Å². The van der Waals surface area contributed by atoms with Crippen molar-refractivity contribution in [3.05, 3.63) is 64.1 Å². The van der Waals surface area contributed by atoms with Gasteiger partial charge in [0, 0.05) is 18.8 Å². The number of carbonyl (C=O) groups is 2. The molecule has 0 radical (unpaired) electrons. The highest BCUT2D eigenvalue weighted by atomic mass is 35.5. The molecule has 1 aliphatic rings. The summed E-state index contributed by atoms with van der Waals surface area (Å²) in [5.74, 6) is -0.661. The highest BCUT2D eigenvalue weighted by Gasteiger charge is 2.49. The molecule has 2 aromatic carbocycles. The summed E-state index contributed by atoms with van der Waals surface area (Å²) in [6, 6.07) is 14.8. The summed E-state index contributed by atoms with van der Waals surface area (Å²) in [6.45, 7) is 3.13. The van der Waals surface area contributed by atoms with E-state index in [9.17, 15) is 9.59 Å². The van der Waals surface area contributed by atoms with E-state index in [1.165, 1.54) is 0 Å². The molecule has 2 unspecified atom stereocenters. The molecule has 4 nitrogen and oxygen atoms in total. The highest BCUT2D eigenvalue weighted by Crippen LogP contribution is 2.41. The number of nitrogens with one attached hydrogen (secondary N) is 1. The monoisotopic (exact) mass is 390 g/mol. The largest absolute Gasteiger partial charge is 0.338 e. The number of nitrogens with zero attached hydrogens (tertiary/aromatic N) is 1. The first-order valence-electron chi connectivity index (χ1n) is 8.58. The van der Waals surface area contributed by atoms with Crippen LogP contribution in [-0.4, -0.2) is 23.3 Å². The Kier molecular flexibility index (Phi) is 5.84. The molecule has 2 amide bonds. The zero-order valence-electron chi connectivity index (χ0n) is 14.4. The molecule has 6 heteroatoms. The van der Waals surface area contributed by atoms with E-state index in [0.29, 0.717) is 35.2 Å². The number of rotatable bonds is 6. The number of amides is 2. The summed E-state index contributed by atoms with van der Waals surface area (Å²) in [5, 5.41) is 3.63. The fourth-order valence-corrected chi connectivity index (χ4v) is 3.25. The molecule has 3 rings (SSSR count). The van der Waals surface area contributed by atoms with Crippen LogP contribution in [0.25, 0.3) is 0 Å². The molecule has 0 spiro atoms. The molecule has 0 aromatic heterocycles. The van der Waals surface area contributed by atoms with E-state index in [0.717, 1.165) is 5.56 Å². The Bertz CT molecular complexity index is 811. The van der Waals surface area contributed by atoms with Gasteiger partial charge in [-0.1, -0.05) is 53.5 Å². The molecule has 0 saturated heterocycles. The molecule has 1 fully saturated rings. The van der Waals surface area contributed by atoms with Crippen molar-refractivity contribution < 1.29 is 9.59 Å². The summed E-state index contributed by atoms with van der Waals surface area (Å²) < 4.78 is 0. The van der Waals surface area contributed by atoms with Crippen molar-refractivity contribution in [2.45, 2.75) is 19.9 Å². The van der Waals surface area contributed by atoms with Crippen molar-refractivity contribution in [2.75, 3.05) is 11.9 Å². The van der Waals surface area contributed by atoms with E-state index in [2.05, 4.69) is 5.32 Å². The molecule has 1 saturated carbocycles. The smallest absolute Gasteiger partial charge is 0.228 e. The molecule has 1 N–H and O–H groups in total. The number of anilines is 1. The van der Waals surface area contributed by atoms with Gasteiger partial charge >= 0.3 is 0 Å². The summed E-state index contributed by atoms with van der Waals surface area (Å²) in [4.78, 5) is 26.9. The van der Waals surface area contributed by atoms with Crippen LogP contribution in [-0.2, 0) is 16.1 Å². The molecule has 136 valence electrons. The third kappa shape index (κ3) is 4.37.